The zero-order chi connectivity index (χ0) is 24.2. The third-order valence-electron chi connectivity index (χ3n) is 6.62. The Bertz CT molecular complexity index is 1240. The Morgan fingerprint density at radius 1 is 1.37 bits per heavy atom. The maximum Gasteiger partial charge on any atom is 0.408 e. The van der Waals surface area contributed by atoms with E-state index in [1.54, 1.807) is 22.7 Å². The largest absolute Gasteiger partial charge is 0.441 e. The standard InChI is InChI=1S/C22H26F2N8O3/c1-22(3-4-22)28-21(33)35-15-11-34-19(18(15)24)14-6-16(30-29-14)27-20-25-5-2-17-26-13(10-32(17)20)9-31-7-12(23)8-31/h2,5-6,10,12,15,18-19H,3-4,7-9,11H2,1H3,(H,28,33)(H2,25,27,29,30)/t15-,18-,19-/m1/s1. The Morgan fingerprint density at radius 3 is 2.97 bits per heavy atom. The summed E-state index contributed by atoms with van der Waals surface area (Å²) in [7, 11) is 0. The Hall–Kier alpha value is -3.32. The quantitative estimate of drug-likeness (QED) is 0.464. The van der Waals surface area contributed by atoms with Crippen LogP contribution in [0.15, 0.2) is 24.5 Å². The molecule has 2 saturated heterocycles. The highest BCUT2D eigenvalue weighted by atomic mass is 19.1. The molecule has 0 spiro atoms. The third kappa shape index (κ3) is 4.52. The van der Waals surface area contributed by atoms with E-state index in [1.165, 1.54) is 0 Å². The predicted molar refractivity (Wildman–Crippen MR) is 120 cm³/mol. The average molecular weight is 488 g/mol. The van der Waals surface area contributed by atoms with E-state index < -0.39 is 30.6 Å². The monoisotopic (exact) mass is 488 g/mol. The number of imidazole rings is 1. The maximum absolute atomic E-state index is 15.0. The van der Waals surface area contributed by atoms with E-state index in [2.05, 4.69) is 30.8 Å². The first-order valence-electron chi connectivity index (χ1n) is 11.6. The second-order valence-electron chi connectivity index (χ2n) is 9.68. The molecule has 3 N–H and O–H groups in total. The van der Waals surface area contributed by atoms with Crippen LogP contribution < -0.4 is 10.6 Å². The lowest BCUT2D eigenvalue weighted by atomic mass is 10.1. The van der Waals surface area contributed by atoms with Crippen LogP contribution in [-0.4, -0.2) is 79.2 Å². The number of halogens is 2. The number of alkyl carbamates (subject to hydrolysis) is 1. The van der Waals surface area contributed by atoms with Crippen molar-refractivity contribution in [2.45, 2.75) is 56.4 Å². The van der Waals surface area contributed by atoms with Gasteiger partial charge in [-0.05, 0) is 25.8 Å². The van der Waals surface area contributed by atoms with E-state index in [0.717, 1.165) is 18.5 Å². The number of carbonyl (C=O) groups excluding carboxylic acids is 1. The predicted octanol–water partition coefficient (Wildman–Crippen LogP) is 2.41. The summed E-state index contributed by atoms with van der Waals surface area (Å²) < 4.78 is 40.7. The van der Waals surface area contributed by atoms with Gasteiger partial charge in [0, 0.05) is 43.6 Å². The second-order valence-corrected chi connectivity index (χ2v) is 9.68. The number of H-pyrrole nitrogens is 1. The number of anilines is 2. The molecule has 0 aromatic carbocycles. The number of nitrogens with one attached hydrogen (secondary N) is 3. The fraction of sp³-hybridized carbons (Fsp3) is 0.545. The van der Waals surface area contributed by atoms with Crippen molar-refractivity contribution in [1.82, 2.24) is 34.8 Å². The SMILES string of the molecule is CC1(NC(=O)O[C@@H]2CO[C@H](c3cc(Nc4nccc5nc(CN6CC(F)C6)cn45)n[nH]3)[C@@H]2F)CC1. The van der Waals surface area contributed by atoms with Gasteiger partial charge in [-0.2, -0.15) is 5.10 Å². The van der Waals surface area contributed by atoms with E-state index in [-0.39, 0.29) is 12.1 Å². The average Bonchev–Trinajstić information content (AvgIpc) is 3.13. The minimum atomic E-state index is -1.54. The molecule has 0 radical (unpaired) electrons. The number of hydrogen-bond acceptors (Lipinski definition) is 8. The van der Waals surface area contributed by atoms with Crippen molar-refractivity contribution in [3.05, 3.63) is 35.9 Å². The van der Waals surface area contributed by atoms with Crippen LogP contribution in [0.1, 0.15) is 37.3 Å². The summed E-state index contributed by atoms with van der Waals surface area (Å²) in [5.74, 6) is 0.889. The molecular weight excluding hydrogens is 462 g/mol. The summed E-state index contributed by atoms with van der Waals surface area (Å²) >= 11 is 0. The zero-order valence-electron chi connectivity index (χ0n) is 19.1. The Morgan fingerprint density at radius 2 is 2.20 bits per heavy atom. The lowest BCUT2D eigenvalue weighted by Gasteiger charge is -2.33. The fourth-order valence-electron chi connectivity index (χ4n) is 4.33. The lowest BCUT2D eigenvalue weighted by molar-refractivity contribution is 0.0581. The van der Waals surface area contributed by atoms with E-state index in [4.69, 9.17) is 9.47 Å². The molecule has 1 aliphatic carbocycles. The van der Waals surface area contributed by atoms with Gasteiger partial charge < -0.3 is 20.1 Å². The topological polar surface area (TPSA) is 122 Å². The Kier molecular flexibility index (Phi) is 5.33. The number of ether oxygens (including phenoxy) is 2. The van der Waals surface area contributed by atoms with Crippen molar-refractivity contribution < 1.29 is 23.0 Å². The first-order chi connectivity index (χ1) is 16.8. The van der Waals surface area contributed by atoms with Crippen molar-refractivity contribution in [2.75, 3.05) is 25.0 Å². The highest BCUT2D eigenvalue weighted by Crippen LogP contribution is 2.36. The number of aromatic nitrogens is 5. The Labute approximate surface area is 199 Å². The van der Waals surface area contributed by atoms with Crippen LogP contribution in [0.3, 0.4) is 0 Å². The van der Waals surface area contributed by atoms with Crippen LogP contribution in [0.25, 0.3) is 5.65 Å². The van der Waals surface area contributed by atoms with Crippen molar-refractivity contribution in [3.8, 4) is 0 Å². The molecule has 3 aromatic heterocycles. The number of hydrogen-bond donors (Lipinski definition) is 3. The first-order valence-corrected chi connectivity index (χ1v) is 11.6. The molecular formula is C22H26F2N8O3. The second kappa shape index (κ2) is 8.41. The fourth-order valence-corrected chi connectivity index (χ4v) is 4.33. The summed E-state index contributed by atoms with van der Waals surface area (Å²) in [4.78, 5) is 22.9. The molecule has 6 rings (SSSR count). The molecule has 11 nitrogen and oxygen atoms in total. The highest BCUT2D eigenvalue weighted by molar-refractivity contribution is 5.69. The summed E-state index contributed by atoms with van der Waals surface area (Å²) in [5.41, 5.74) is 1.66. The van der Waals surface area contributed by atoms with E-state index in [1.807, 2.05) is 18.0 Å². The number of alkyl halides is 2. The summed E-state index contributed by atoms with van der Waals surface area (Å²) in [6.07, 6.45) is 0.360. The molecule has 186 valence electrons. The molecule has 3 aliphatic rings. The molecule has 0 unspecified atom stereocenters. The van der Waals surface area contributed by atoms with Gasteiger partial charge in [-0.3, -0.25) is 14.4 Å². The molecule has 35 heavy (non-hydrogen) atoms. The molecule has 3 fully saturated rings. The van der Waals surface area contributed by atoms with Gasteiger partial charge in [0.1, 0.15) is 17.9 Å². The van der Waals surface area contributed by atoms with Crippen molar-refractivity contribution in [1.29, 1.82) is 0 Å². The minimum Gasteiger partial charge on any atom is -0.441 e. The van der Waals surface area contributed by atoms with Gasteiger partial charge in [0.05, 0.1) is 18.0 Å². The number of aromatic amines is 1. The number of fused-ring (bicyclic) bond motifs is 1. The molecule has 1 saturated carbocycles. The van der Waals surface area contributed by atoms with Gasteiger partial charge >= 0.3 is 6.09 Å². The van der Waals surface area contributed by atoms with Crippen molar-refractivity contribution in [3.63, 3.8) is 0 Å². The van der Waals surface area contributed by atoms with Gasteiger partial charge in [-0.1, -0.05) is 0 Å². The smallest absolute Gasteiger partial charge is 0.408 e. The van der Waals surface area contributed by atoms with Gasteiger partial charge in [0.25, 0.3) is 0 Å². The highest BCUT2D eigenvalue weighted by Gasteiger charge is 2.44. The van der Waals surface area contributed by atoms with Crippen LogP contribution in [0.5, 0.6) is 0 Å². The van der Waals surface area contributed by atoms with Crippen LogP contribution in [0.2, 0.25) is 0 Å². The molecule has 5 heterocycles. The lowest BCUT2D eigenvalue weighted by Crippen LogP contribution is -2.47. The number of likely N-dealkylation sites (tertiary alicyclic amines) is 1. The first kappa shape index (κ1) is 22.2. The van der Waals surface area contributed by atoms with Crippen LogP contribution in [-0.2, 0) is 16.0 Å². The number of amides is 1. The van der Waals surface area contributed by atoms with Gasteiger partial charge in [-0.15, -0.1) is 0 Å². The van der Waals surface area contributed by atoms with E-state index in [0.29, 0.717) is 42.7 Å². The maximum atomic E-state index is 15.0. The van der Waals surface area contributed by atoms with Crippen molar-refractivity contribution >= 4 is 23.5 Å². The molecule has 1 amide bonds. The number of nitrogens with zero attached hydrogens (tertiary/aromatic N) is 5. The molecule has 3 atom stereocenters. The minimum absolute atomic E-state index is 0.0450. The molecule has 2 aliphatic heterocycles. The Balaban J connectivity index is 1.11. The van der Waals surface area contributed by atoms with E-state index >= 15 is 4.39 Å². The summed E-state index contributed by atoms with van der Waals surface area (Å²) in [6, 6.07) is 3.41. The number of carbonyl (C=O) groups is 1. The van der Waals surface area contributed by atoms with Crippen LogP contribution in [0.4, 0.5) is 25.3 Å². The van der Waals surface area contributed by atoms with Crippen molar-refractivity contribution in [2.24, 2.45) is 0 Å². The third-order valence-corrected chi connectivity index (χ3v) is 6.62. The van der Waals surface area contributed by atoms with Gasteiger partial charge in [-0.25, -0.2) is 23.5 Å². The summed E-state index contributed by atoms with van der Waals surface area (Å²) in [5, 5.41) is 12.8. The summed E-state index contributed by atoms with van der Waals surface area (Å²) in [6.45, 7) is 3.27. The van der Waals surface area contributed by atoms with Crippen LogP contribution in [0, 0.1) is 0 Å². The molecule has 0 bridgehead atoms. The van der Waals surface area contributed by atoms with Gasteiger partial charge in [0.2, 0.25) is 5.95 Å². The molecule has 3 aromatic rings. The number of rotatable bonds is 7. The normalized spacial score (nSPS) is 26.0. The van der Waals surface area contributed by atoms with Crippen LogP contribution >= 0.6 is 0 Å². The molecule has 13 heteroatoms. The van der Waals surface area contributed by atoms with E-state index in [9.17, 15) is 9.18 Å². The van der Waals surface area contributed by atoms with Gasteiger partial charge in [0.15, 0.2) is 18.1 Å². The zero-order valence-corrected chi connectivity index (χ0v) is 19.1.